The fraction of sp³-hybridized carbons (Fsp3) is 0.312. The third-order valence-electron chi connectivity index (χ3n) is 3.18. The average Bonchev–Trinajstić information content (AvgIpc) is 3.02. The van der Waals surface area contributed by atoms with Crippen molar-refractivity contribution >= 4 is 23.2 Å². The zero-order valence-electron chi connectivity index (χ0n) is 14.1. The highest BCUT2D eigenvalue weighted by atomic mass is 32.1. The molecule has 0 atom stereocenters. The number of benzene rings is 1. The molecule has 25 heavy (non-hydrogen) atoms. The molecule has 2 aromatic rings. The maximum atomic E-state index is 12.4. The number of nitrogens with zero attached hydrogens (tertiary/aromatic N) is 1. The lowest BCUT2D eigenvalue weighted by Gasteiger charge is -2.15. The summed E-state index contributed by atoms with van der Waals surface area (Å²) in [5, 5.41) is 5.60. The van der Waals surface area contributed by atoms with E-state index in [-0.39, 0.29) is 29.8 Å². The van der Waals surface area contributed by atoms with E-state index in [2.05, 4.69) is 10.3 Å². The molecule has 134 valence electrons. The fourth-order valence-corrected chi connectivity index (χ4v) is 2.67. The van der Waals surface area contributed by atoms with Crippen LogP contribution in [0.15, 0.2) is 17.5 Å². The number of primary amides is 1. The maximum absolute atomic E-state index is 12.4. The number of amides is 2. The maximum Gasteiger partial charge on any atom is 0.255 e. The molecule has 0 saturated heterocycles. The molecule has 0 unspecified atom stereocenters. The Labute approximate surface area is 148 Å². The number of aryl methyl sites for hydroxylation is 1. The minimum absolute atomic E-state index is 0.204. The fourth-order valence-electron chi connectivity index (χ4n) is 2.06. The Morgan fingerprint density at radius 2 is 1.88 bits per heavy atom. The van der Waals surface area contributed by atoms with E-state index in [1.165, 1.54) is 37.7 Å². The summed E-state index contributed by atoms with van der Waals surface area (Å²) in [5.74, 6) is -0.228. The van der Waals surface area contributed by atoms with Gasteiger partial charge in [-0.3, -0.25) is 9.59 Å². The second-order valence-electron chi connectivity index (χ2n) is 5.01. The summed E-state index contributed by atoms with van der Waals surface area (Å²) < 4.78 is 15.8. The van der Waals surface area contributed by atoms with Crippen molar-refractivity contribution < 1.29 is 23.8 Å². The summed E-state index contributed by atoms with van der Waals surface area (Å²) in [4.78, 5) is 27.6. The van der Waals surface area contributed by atoms with Crippen molar-refractivity contribution in [1.29, 1.82) is 0 Å². The van der Waals surface area contributed by atoms with Gasteiger partial charge in [0.2, 0.25) is 5.75 Å². The SMILES string of the molecule is COc1cc(C(=O)NCc2csc(C)n2)cc(OC)c1OCC(N)=O. The van der Waals surface area contributed by atoms with Crippen LogP contribution in [0, 0.1) is 6.92 Å². The third kappa shape index (κ3) is 4.83. The lowest BCUT2D eigenvalue weighted by molar-refractivity contribution is -0.120. The number of nitrogens with two attached hydrogens (primary N) is 1. The molecule has 0 spiro atoms. The van der Waals surface area contributed by atoms with Crippen LogP contribution in [0.3, 0.4) is 0 Å². The van der Waals surface area contributed by atoms with Crippen LogP contribution in [0.2, 0.25) is 0 Å². The van der Waals surface area contributed by atoms with Crippen molar-refractivity contribution in [3.63, 3.8) is 0 Å². The first-order valence-corrected chi connectivity index (χ1v) is 8.19. The predicted molar refractivity (Wildman–Crippen MR) is 92.3 cm³/mol. The minimum atomic E-state index is -0.635. The van der Waals surface area contributed by atoms with E-state index < -0.39 is 5.91 Å². The topological polar surface area (TPSA) is 113 Å². The van der Waals surface area contributed by atoms with Gasteiger partial charge >= 0.3 is 0 Å². The first-order chi connectivity index (χ1) is 11.9. The van der Waals surface area contributed by atoms with Crippen LogP contribution < -0.4 is 25.3 Å². The van der Waals surface area contributed by atoms with Gasteiger partial charge < -0.3 is 25.3 Å². The number of rotatable bonds is 8. The second kappa shape index (κ2) is 8.34. The lowest BCUT2D eigenvalue weighted by atomic mass is 10.1. The average molecular weight is 365 g/mol. The van der Waals surface area contributed by atoms with E-state index >= 15 is 0 Å². The Morgan fingerprint density at radius 3 is 2.36 bits per heavy atom. The molecule has 2 amide bonds. The molecule has 0 fully saturated rings. The van der Waals surface area contributed by atoms with E-state index in [0.29, 0.717) is 12.1 Å². The monoisotopic (exact) mass is 365 g/mol. The van der Waals surface area contributed by atoms with Crippen molar-refractivity contribution in [2.75, 3.05) is 20.8 Å². The van der Waals surface area contributed by atoms with Crippen molar-refractivity contribution in [1.82, 2.24) is 10.3 Å². The number of hydrogen-bond acceptors (Lipinski definition) is 7. The zero-order chi connectivity index (χ0) is 18.4. The van der Waals surface area contributed by atoms with Crippen LogP contribution in [-0.4, -0.2) is 37.6 Å². The van der Waals surface area contributed by atoms with Crippen LogP contribution in [-0.2, 0) is 11.3 Å². The van der Waals surface area contributed by atoms with E-state index in [4.69, 9.17) is 19.9 Å². The molecule has 0 aliphatic heterocycles. The molecule has 1 aromatic heterocycles. The summed E-state index contributed by atoms with van der Waals surface area (Å²) in [6, 6.07) is 3.00. The molecule has 0 saturated carbocycles. The van der Waals surface area contributed by atoms with E-state index in [1.54, 1.807) is 0 Å². The predicted octanol–water partition coefficient (Wildman–Crippen LogP) is 1.26. The first-order valence-electron chi connectivity index (χ1n) is 7.31. The standard InChI is InChI=1S/C16H19N3O5S/c1-9-19-11(8-25-9)6-18-16(21)10-4-12(22-2)15(13(5-10)23-3)24-7-14(17)20/h4-5,8H,6-7H2,1-3H3,(H2,17,20)(H,18,21). The summed E-state index contributed by atoms with van der Waals surface area (Å²) in [6.45, 7) is 1.88. The smallest absolute Gasteiger partial charge is 0.255 e. The van der Waals surface area contributed by atoms with Gasteiger partial charge in [-0.25, -0.2) is 4.98 Å². The summed E-state index contributed by atoms with van der Waals surface area (Å²) in [5.41, 5.74) is 6.20. The van der Waals surface area contributed by atoms with Crippen molar-refractivity contribution in [3.8, 4) is 17.2 Å². The van der Waals surface area contributed by atoms with Gasteiger partial charge in [0, 0.05) is 10.9 Å². The number of aromatic nitrogens is 1. The van der Waals surface area contributed by atoms with E-state index in [0.717, 1.165) is 10.7 Å². The third-order valence-corrected chi connectivity index (χ3v) is 4.00. The van der Waals surface area contributed by atoms with Gasteiger partial charge in [0.15, 0.2) is 18.1 Å². The molecule has 0 aliphatic carbocycles. The number of carbonyl (C=O) groups excluding carboxylic acids is 2. The molecule has 1 aromatic carbocycles. The van der Waals surface area contributed by atoms with Gasteiger partial charge in [-0.2, -0.15) is 0 Å². The van der Waals surface area contributed by atoms with Crippen LogP contribution in [0.5, 0.6) is 17.2 Å². The Morgan fingerprint density at radius 1 is 1.24 bits per heavy atom. The summed E-state index contributed by atoms with van der Waals surface area (Å²) in [6.07, 6.45) is 0. The highest BCUT2D eigenvalue weighted by Crippen LogP contribution is 2.38. The molecule has 0 aliphatic rings. The second-order valence-corrected chi connectivity index (χ2v) is 6.07. The van der Waals surface area contributed by atoms with Crippen LogP contribution >= 0.6 is 11.3 Å². The number of nitrogens with one attached hydrogen (secondary N) is 1. The Kier molecular flexibility index (Phi) is 6.18. The van der Waals surface area contributed by atoms with Gasteiger partial charge in [-0.15, -0.1) is 11.3 Å². The van der Waals surface area contributed by atoms with E-state index in [9.17, 15) is 9.59 Å². The highest BCUT2D eigenvalue weighted by Gasteiger charge is 2.18. The molecule has 0 radical (unpaired) electrons. The largest absolute Gasteiger partial charge is 0.493 e. The normalized spacial score (nSPS) is 10.2. The highest BCUT2D eigenvalue weighted by molar-refractivity contribution is 7.09. The van der Waals surface area contributed by atoms with Crippen molar-refractivity contribution in [2.45, 2.75) is 13.5 Å². The molecule has 3 N–H and O–H groups in total. The molecule has 0 bridgehead atoms. The Bertz CT molecular complexity index is 750. The quantitative estimate of drug-likeness (QED) is 0.728. The molecule has 9 heteroatoms. The zero-order valence-corrected chi connectivity index (χ0v) is 14.9. The first kappa shape index (κ1) is 18.5. The molecule has 1 heterocycles. The molecule has 2 rings (SSSR count). The van der Waals surface area contributed by atoms with Crippen LogP contribution in [0.25, 0.3) is 0 Å². The lowest BCUT2D eigenvalue weighted by Crippen LogP contribution is -2.23. The van der Waals surface area contributed by atoms with Gasteiger partial charge in [0.25, 0.3) is 11.8 Å². The van der Waals surface area contributed by atoms with Crippen molar-refractivity contribution in [3.05, 3.63) is 33.8 Å². The number of thiazole rings is 1. The summed E-state index contributed by atoms with van der Waals surface area (Å²) >= 11 is 1.52. The molecular formula is C16H19N3O5S. The number of ether oxygens (including phenoxy) is 3. The Balaban J connectivity index is 2.19. The minimum Gasteiger partial charge on any atom is -0.493 e. The Hall–Kier alpha value is -2.81. The van der Waals surface area contributed by atoms with Gasteiger partial charge in [-0.05, 0) is 19.1 Å². The van der Waals surface area contributed by atoms with Crippen LogP contribution in [0.4, 0.5) is 0 Å². The van der Waals surface area contributed by atoms with Crippen LogP contribution in [0.1, 0.15) is 21.1 Å². The van der Waals surface area contributed by atoms with Gasteiger partial charge in [0.1, 0.15) is 0 Å². The molecule has 8 nitrogen and oxygen atoms in total. The van der Waals surface area contributed by atoms with Gasteiger partial charge in [0.05, 0.1) is 31.5 Å². The van der Waals surface area contributed by atoms with Gasteiger partial charge in [-0.1, -0.05) is 0 Å². The number of hydrogen-bond donors (Lipinski definition) is 2. The number of methoxy groups -OCH3 is 2. The van der Waals surface area contributed by atoms with Crippen molar-refractivity contribution in [2.24, 2.45) is 5.73 Å². The van der Waals surface area contributed by atoms with E-state index in [1.807, 2.05) is 12.3 Å². The summed E-state index contributed by atoms with van der Waals surface area (Å²) in [7, 11) is 2.84. The molecular weight excluding hydrogens is 346 g/mol. The number of carbonyl (C=O) groups is 2.